The lowest BCUT2D eigenvalue weighted by Gasteiger charge is -2.11. The van der Waals surface area contributed by atoms with E-state index < -0.39 is 6.10 Å². The first-order valence-electron chi connectivity index (χ1n) is 6.06. The summed E-state index contributed by atoms with van der Waals surface area (Å²) in [5.41, 5.74) is 3.49. The van der Waals surface area contributed by atoms with Crippen LogP contribution >= 0.6 is 27.3 Å². The molecule has 1 aromatic heterocycles. The molecule has 2 rings (SSSR count). The van der Waals surface area contributed by atoms with Gasteiger partial charge in [-0.3, -0.25) is 0 Å². The molecule has 0 radical (unpaired) electrons. The molecular weight excluding hydrogens is 308 g/mol. The molecule has 1 N–H and O–H groups in total. The van der Waals surface area contributed by atoms with Crippen molar-refractivity contribution in [2.75, 3.05) is 0 Å². The van der Waals surface area contributed by atoms with Gasteiger partial charge in [-0.15, -0.1) is 0 Å². The Morgan fingerprint density at radius 3 is 2.33 bits per heavy atom. The molecule has 2 aromatic rings. The molecule has 0 spiro atoms. The molecule has 3 heteroatoms. The van der Waals surface area contributed by atoms with Crippen LogP contribution in [0.4, 0.5) is 0 Å². The van der Waals surface area contributed by atoms with Gasteiger partial charge in [0.1, 0.15) is 0 Å². The maximum absolute atomic E-state index is 10.2. The minimum atomic E-state index is -0.435. The van der Waals surface area contributed by atoms with Crippen LogP contribution in [0.2, 0.25) is 0 Å². The van der Waals surface area contributed by atoms with Gasteiger partial charge in [0.25, 0.3) is 0 Å². The zero-order valence-corrected chi connectivity index (χ0v) is 13.0. The average molecular weight is 325 g/mol. The summed E-state index contributed by atoms with van der Waals surface area (Å²) in [5, 5.41) is 14.2. The van der Waals surface area contributed by atoms with Crippen molar-refractivity contribution >= 4 is 27.3 Å². The smallest absolute Gasteiger partial charge is 0.0849 e. The molecule has 96 valence electrons. The third kappa shape index (κ3) is 3.22. The Morgan fingerprint density at radius 1 is 1.17 bits per heavy atom. The van der Waals surface area contributed by atoms with E-state index in [2.05, 4.69) is 54.0 Å². The van der Waals surface area contributed by atoms with Gasteiger partial charge in [-0.05, 0) is 38.4 Å². The molecule has 0 aliphatic rings. The highest BCUT2D eigenvalue weighted by atomic mass is 79.9. The first-order chi connectivity index (χ1) is 8.58. The third-order valence-electron chi connectivity index (χ3n) is 3.08. The number of benzene rings is 1. The predicted octanol–water partition coefficient (Wildman–Crippen LogP) is 4.91. The molecule has 0 aliphatic heterocycles. The van der Waals surface area contributed by atoms with Crippen molar-refractivity contribution in [1.82, 2.24) is 0 Å². The minimum absolute atomic E-state index is 0.435. The molecule has 1 atom stereocenters. The van der Waals surface area contributed by atoms with Gasteiger partial charge in [0.05, 0.1) is 6.10 Å². The van der Waals surface area contributed by atoms with Crippen molar-refractivity contribution < 1.29 is 5.11 Å². The van der Waals surface area contributed by atoms with E-state index in [1.807, 2.05) is 10.8 Å². The minimum Gasteiger partial charge on any atom is -0.388 e. The fourth-order valence-electron chi connectivity index (χ4n) is 1.90. The monoisotopic (exact) mass is 324 g/mol. The number of hydrogen-bond acceptors (Lipinski definition) is 2. The molecule has 1 nitrogen and oxygen atoms in total. The Kier molecular flexibility index (Phi) is 4.60. The summed E-state index contributed by atoms with van der Waals surface area (Å²) >= 11 is 5.07. The number of aliphatic hydroxyl groups excluding tert-OH is 1. The predicted molar refractivity (Wildman–Crippen MR) is 81.2 cm³/mol. The summed E-state index contributed by atoms with van der Waals surface area (Å²) in [4.78, 5) is 0. The van der Waals surface area contributed by atoms with E-state index in [0.29, 0.717) is 12.3 Å². The molecule has 0 amide bonds. The van der Waals surface area contributed by atoms with Gasteiger partial charge < -0.3 is 5.11 Å². The van der Waals surface area contributed by atoms with Gasteiger partial charge in [-0.25, -0.2) is 0 Å². The van der Waals surface area contributed by atoms with Gasteiger partial charge in [-0.1, -0.05) is 38.1 Å². The van der Waals surface area contributed by atoms with E-state index in [0.717, 1.165) is 10.0 Å². The lowest BCUT2D eigenvalue weighted by atomic mass is 9.98. The number of hydrogen-bond donors (Lipinski definition) is 1. The lowest BCUT2D eigenvalue weighted by molar-refractivity contribution is 0.178. The number of halogens is 1. The molecular formula is C15H17BrOS. The van der Waals surface area contributed by atoms with Crippen molar-refractivity contribution in [2.24, 2.45) is 0 Å². The van der Waals surface area contributed by atoms with Crippen molar-refractivity contribution in [2.45, 2.75) is 32.3 Å². The maximum Gasteiger partial charge on any atom is 0.0849 e. The van der Waals surface area contributed by atoms with Crippen molar-refractivity contribution in [3.8, 4) is 0 Å². The van der Waals surface area contributed by atoms with Gasteiger partial charge in [0.2, 0.25) is 0 Å². The molecule has 0 saturated heterocycles. The highest BCUT2D eigenvalue weighted by molar-refractivity contribution is 9.10. The van der Waals surface area contributed by atoms with E-state index in [4.69, 9.17) is 0 Å². The molecule has 0 fully saturated rings. The van der Waals surface area contributed by atoms with Gasteiger partial charge in [0.15, 0.2) is 0 Å². The van der Waals surface area contributed by atoms with E-state index >= 15 is 0 Å². The Bertz CT molecular complexity index is 501. The fourth-order valence-corrected chi connectivity index (χ4v) is 3.51. The second kappa shape index (κ2) is 6.00. The summed E-state index contributed by atoms with van der Waals surface area (Å²) in [6.07, 6.45) is 0.226. The van der Waals surface area contributed by atoms with Gasteiger partial charge in [0, 0.05) is 21.8 Å². The lowest BCUT2D eigenvalue weighted by Crippen LogP contribution is -2.01. The largest absolute Gasteiger partial charge is 0.388 e. The summed E-state index contributed by atoms with van der Waals surface area (Å²) in [7, 11) is 0. The summed E-state index contributed by atoms with van der Waals surface area (Å²) in [5.74, 6) is 0.551. The van der Waals surface area contributed by atoms with E-state index in [1.54, 1.807) is 11.3 Å². The molecule has 1 heterocycles. The van der Waals surface area contributed by atoms with Crippen LogP contribution in [-0.4, -0.2) is 5.11 Å². The summed E-state index contributed by atoms with van der Waals surface area (Å²) in [6.45, 7) is 4.37. The van der Waals surface area contributed by atoms with Crippen LogP contribution in [-0.2, 0) is 6.42 Å². The Morgan fingerprint density at radius 2 is 1.83 bits per heavy atom. The average Bonchev–Trinajstić information content (AvgIpc) is 2.76. The second-order valence-electron chi connectivity index (χ2n) is 4.79. The topological polar surface area (TPSA) is 20.2 Å². The standard InChI is InChI=1S/C15H17BrOS/c1-10(2)12-5-3-11(4-6-12)7-15(17)13-8-18-9-14(13)16/h3-6,8-10,15,17H,7H2,1-2H3. The SMILES string of the molecule is CC(C)c1ccc(CC(O)c2cscc2Br)cc1. The first-order valence-corrected chi connectivity index (χ1v) is 7.80. The molecule has 1 aromatic carbocycles. The highest BCUT2D eigenvalue weighted by Gasteiger charge is 2.13. The molecule has 0 saturated carbocycles. The Hall–Kier alpha value is -0.640. The van der Waals surface area contributed by atoms with Crippen LogP contribution in [0.5, 0.6) is 0 Å². The first kappa shape index (κ1) is 13.8. The maximum atomic E-state index is 10.2. The number of thiophene rings is 1. The quantitative estimate of drug-likeness (QED) is 0.847. The Balaban J connectivity index is 2.08. The van der Waals surface area contributed by atoms with E-state index in [1.165, 1.54) is 11.1 Å². The second-order valence-corrected chi connectivity index (χ2v) is 6.39. The van der Waals surface area contributed by atoms with Crippen LogP contribution in [0.25, 0.3) is 0 Å². The number of rotatable bonds is 4. The molecule has 0 bridgehead atoms. The fraction of sp³-hybridized carbons (Fsp3) is 0.333. The molecule has 18 heavy (non-hydrogen) atoms. The summed E-state index contributed by atoms with van der Waals surface area (Å²) in [6, 6.07) is 8.52. The molecule has 0 aliphatic carbocycles. The van der Waals surface area contributed by atoms with Crippen LogP contribution in [0.3, 0.4) is 0 Å². The summed E-state index contributed by atoms with van der Waals surface area (Å²) < 4.78 is 0.999. The van der Waals surface area contributed by atoms with Crippen LogP contribution in [0, 0.1) is 0 Å². The highest BCUT2D eigenvalue weighted by Crippen LogP contribution is 2.29. The van der Waals surface area contributed by atoms with Crippen molar-refractivity contribution in [3.63, 3.8) is 0 Å². The molecule has 1 unspecified atom stereocenters. The van der Waals surface area contributed by atoms with Crippen molar-refractivity contribution in [3.05, 3.63) is 56.2 Å². The zero-order chi connectivity index (χ0) is 13.1. The number of aliphatic hydroxyl groups is 1. The van der Waals surface area contributed by atoms with Crippen LogP contribution in [0.15, 0.2) is 39.5 Å². The van der Waals surface area contributed by atoms with Crippen molar-refractivity contribution in [1.29, 1.82) is 0 Å². The van der Waals surface area contributed by atoms with Gasteiger partial charge in [-0.2, -0.15) is 11.3 Å². The van der Waals surface area contributed by atoms with Crippen LogP contribution in [0.1, 0.15) is 42.6 Å². The van der Waals surface area contributed by atoms with E-state index in [-0.39, 0.29) is 0 Å². The normalized spacial score (nSPS) is 12.9. The Labute approximate surface area is 121 Å². The van der Waals surface area contributed by atoms with E-state index in [9.17, 15) is 5.11 Å². The zero-order valence-electron chi connectivity index (χ0n) is 10.6. The van der Waals surface area contributed by atoms with Crippen LogP contribution < -0.4 is 0 Å². The van der Waals surface area contributed by atoms with Gasteiger partial charge >= 0.3 is 0 Å². The third-order valence-corrected chi connectivity index (χ3v) is 4.83.